The maximum atomic E-state index is 14.1. The summed E-state index contributed by atoms with van der Waals surface area (Å²) in [6.45, 7) is 5.22. The number of benzene rings is 1. The molecule has 3 unspecified atom stereocenters. The van der Waals surface area contributed by atoms with Crippen LogP contribution in [0.4, 0.5) is 0 Å². The number of pyridine rings is 2. The summed E-state index contributed by atoms with van der Waals surface area (Å²) in [5, 5.41) is 1.06. The fraction of sp³-hybridized carbons (Fsp3) is 0.543. The number of carbonyl (C=O) groups is 2. The number of aromatic nitrogens is 2. The maximum Gasteiger partial charge on any atom is 0.308 e. The molecule has 2 aromatic heterocycles. The van der Waals surface area contributed by atoms with Gasteiger partial charge in [-0.2, -0.15) is 0 Å². The number of likely N-dealkylation sites (tertiary alicyclic amines) is 1. The van der Waals surface area contributed by atoms with E-state index in [0.717, 1.165) is 65.7 Å². The first-order chi connectivity index (χ1) is 21.4. The van der Waals surface area contributed by atoms with E-state index in [-0.39, 0.29) is 55.8 Å². The van der Waals surface area contributed by atoms with Crippen LogP contribution in [0.3, 0.4) is 0 Å². The molecule has 0 bridgehead atoms. The number of carbonyl (C=O) groups excluding carboxylic acids is 2. The predicted molar refractivity (Wildman–Crippen MR) is 169 cm³/mol. The van der Waals surface area contributed by atoms with Crippen LogP contribution in [0.15, 0.2) is 23.0 Å². The number of ether oxygens (including phenoxy) is 3. The molecule has 0 spiro atoms. The first-order valence-electron chi connectivity index (χ1n) is 16.4. The summed E-state index contributed by atoms with van der Waals surface area (Å²) in [7, 11) is 0. The highest BCUT2D eigenvalue weighted by Gasteiger charge is 2.51. The normalized spacial score (nSPS) is 25.9. The monoisotopic (exact) mass is 631 g/mol. The Bertz CT molecular complexity index is 1820. The molecule has 3 aliphatic carbocycles. The molecule has 1 saturated heterocycles. The number of hydrogen-bond donors (Lipinski definition) is 0. The third-order valence-electron chi connectivity index (χ3n) is 11.5. The highest BCUT2D eigenvalue weighted by molar-refractivity contribution is 5.98. The average Bonchev–Trinajstić information content (AvgIpc) is 3.80. The lowest BCUT2D eigenvalue weighted by atomic mass is 9.76. The molecule has 6 aliphatic rings. The smallest absolute Gasteiger partial charge is 0.308 e. The summed E-state index contributed by atoms with van der Waals surface area (Å²) in [5.74, 6) is 2.73. The van der Waals surface area contributed by atoms with E-state index in [4.69, 9.17) is 19.2 Å². The Hall–Kier alpha value is -3.43. The molecule has 9 rings (SSSR count). The van der Waals surface area contributed by atoms with Gasteiger partial charge in [0.1, 0.15) is 0 Å². The molecule has 45 heavy (non-hydrogen) atoms. The van der Waals surface area contributed by atoms with Crippen LogP contribution in [0, 0.1) is 11.8 Å². The van der Waals surface area contributed by atoms with E-state index >= 15 is 0 Å². The van der Waals surface area contributed by atoms with E-state index in [1.807, 2.05) is 25.1 Å². The number of Topliss-reactive ketones (excluding diaryl/α,β-unsaturated/α-hetero) is 1. The molecule has 5 heterocycles. The van der Waals surface area contributed by atoms with E-state index in [1.165, 1.54) is 31.2 Å². The molecule has 236 valence electrons. The standard InChI is InChI=1S/C35H37N3O6.ClH/c1-2-35(44-31(40)9-10-37-15-20-7-4-8-21(20)16-37)25-13-27-33-24(17-38(27)34(41)22(25)12-30(35)39)32(19-5-3-6-19)23-11-28-29(43-18-42-28)14-26(23)36-33;/h11,13-14,19-21H,2-10,12,15-18H2,1H3;1H. The van der Waals surface area contributed by atoms with E-state index in [9.17, 15) is 14.4 Å². The van der Waals surface area contributed by atoms with Crippen molar-refractivity contribution in [1.82, 2.24) is 14.5 Å². The van der Waals surface area contributed by atoms with Gasteiger partial charge in [-0.25, -0.2) is 4.98 Å². The number of fused-ring (bicyclic) bond motifs is 7. The molecule has 0 amide bonds. The Morgan fingerprint density at radius 2 is 1.76 bits per heavy atom. The Labute approximate surface area is 267 Å². The van der Waals surface area contributed by atoms with Gasteiger partial charge in [0.25, 0.3) is 5.56 Å². The summed E-state index contributed by atoms with van der Waals surface area (Å²) in [4.78, 5) is 48.5. The topological polar surface area (TPSA) is 100.0 Å². The highest BCUT2D eigenvalue weighted by Crippen LogP contribution is 2.49. The third kappa shape index (κ3) is 4.22. The van der Waals surface area contributed by atoms with Crippen molar-refractivity contribution in [1.29, 1.82) is 0 Å². The van der Waals surface area contributed by atoms with Crippen molar-refractivity contribution in [2.75, 3.05) is 26.4 Å². The second kappa shape index (κ2) is 10.6. The third-order valence-corrected chi connectivity index (χ3v) is 11.5. The van der Waals surface area contributed by atoms with Gasteiger partial charge < -0.3 is 23.7 Å². The molecular formula is C35H38ClN3O6. The van der Waals surface area contributed by atoms with Gasteiger partial charge in [-0.3, -0.25) is 14.4 Å². The molecule has 3 aromatic rings. The zero-order valence-electron chi connectivity index (χ0n) is 25.6. The number of hydrogen-bond acceptors (Lipinski definition) is 8. The molecule has 0 radical (unpaired) electrons. The molecular weight excluding hydrogens is 594 g/mol. The fourth-order valence-electron chi connectivity index (χ4n) is 9.02. The zero-order chi connectivity index (χ0) is 29.7. The summed E-state index contributed by atoms with van der Waals surface area (Å²) in [5.41, 5.74) is 3.95. The van der Waals surface area contributed by atoms with E-state index in [1.54, 1.807) is 4.57 Å². The summed E-state index contributed by atoms with van der Waals surface area (Å²) >= 11 is 0. The van der Waals surface area contributed by atoms with Crippen LogP contribution in [-0.2, 0) is 32.9 Å². The summed E-state index contributed by atoms with van der Waals surface area (Å²) in [6.07, 6.45) is 7.79. The van der Waals surface area contributed by atoms with Gasteiger partial charge in [-0.15, -0.1) is 12.4 Å². The van der Waals surface area contributed by atoms with Gasteiger partial charge in [0.05, 0.1) is 29.9 Å². The van der Waals surface area contributed by atoms with Gasteiger partial charge in [0, 0.05) is 54.2 Å². The molecule has 0 N–H and O–H groups in total. The molecule has 3 fully saturated rings. The van der Waals surface area contributed by atoms with Crippen molar-refractivity contribution < 1.29 is 23.8 Å². The van der Waals surface area contributed by atoms with Crippen LogP contribution >= 0.6 is 12.4 Å². The first kappa shape index (κ1) is 29.0. The molecule has 2 saturated carbocycles. The van der Waals surface area contributed by atoms with Crippen LogP contribution in [-0.4, -0.2) is 52.6 Å². The Morgan fingerprint density at radius 1 is 1.02 bits per heavy atom. The van der Waals surface area contributed by atoms with E-state index in [2.05, 4.69) is 4.90 Å². The van der Waals surface area contributed by atoms with Crippen molar-refractivity contribution in [3.8, 4) is 22.9 Å². The van der Waals surface area contributed by atoms with Crippen LogP contribution in [0.5, 0.6) is 11.5 Å². The SMILES string of the molecule is CCC1(OC(=O)CCN2CC3CCCC3C2)C(=O)Cc2c1cc1n(c2=O)Cc2c-1nc1cc3c(cc1c2C1CCC1)OCO3.Cl. The summed E-state index contributed by atoms with van der Waals surface area (Å²) in [6, 6.07) is 5.89. The van der Waals surface area contributed by atoms with Crippen LogP contribution in [0.1, 0.15) is 86.5 Å². The second-order valence-corrected chi connectivity index (χ2v) is 13.7. The van der Waals surface area contributed by atoms with Gasteiger partial charge in [0.2, 0.25) is 6.79 Å². The van der Waals surface area contributed by atoms with Crippen molar-refractivity contribution in [2.45, 2.75) is 82.8 Å². The van der Waals surface area contributed by atoms with Crippen molar-refractivity contribution in [2.24, 2.45) is 11.8 Å². The van der Waals surface area contributed by atoms with Gasteiger partial charge >= 0.3 is 5.97 Å². The molecule has 3 aliphatic heterocycles. The molecule has 3 atom stereocenters. The minimum absolute atomic E-state index is 0. The maximum absolute atomic E-state index is 14.1. The Kier molecular flexibility index (Phi) is 6.80. The highest BCUT2D eigenvalue weighted by atomic mass is 35.5. The van der Waals surface area contributed by atoms with Gasteiger partial charge in [0.15, 0.2) is 22.9 Å². The van der Waals surface area contributed by atoms with Gasteiger partial charge in [-0.1, -0.05) is 19.8 Å². The molecule has 1 aromatic carbocycles. The van der Waals surface area contributed by atoms with E-state index < -0.39 is 5.60 Å². The largest absolute Gasteiger partial charge is 0.454 e. The van der Waals surface area contributed by atoms with E-state index in [0.29, 0.717) is 41.6 Å². The lowest BCUT2D eigenvalue weighted by molar-refractivity contribution is -0.168. The Balaban J connectivity index is 0.00000300. The van der Waals surface area contributed by atoms with Crippen LogP contribution < -0.4 is 15.0 Å². The number of nitrogens with zero attached hydrogens (tertiary/aromatic N) is 3. The predicted octanol–water partition coefficient (Wildman–Crippen LogP) is 5.24. The molecule has 10 heteroatoms. The lowest BCUT2D eigenvalue weighted by Gasteiger charge is -2.29. The van der Waals surface area contributed by atoms with Crippen LogP contribution in [0.2, 0.25) is 0 Å². The minimum Gasteiger partial charge on any atom is -0.454 e. The van der Waals surface area contributed by atoms with Gasteiger partial charge in [-0.05, 0) is 67.6 Å². The minimum atomic E-state index is -1.44. The Morgan fingerprint density at radius 3 is 2.47 bits per heavy atom. The van der Waals surface area contributed by atoms with Crippen molar-refractivity contribution in [3.05, 3.63) is 50.8 Å². The molecule has 9 nitrogen and oxygen atoms in total. The number of ketones is 1. The zero-order valence-corrected chi connectivity index (χ0v) is 26.4. The number of rotatable bonds is 6. The summed E-state index contributed by atoms with van der Waals surface area (Å²) < 4.78 is 19.3. The quantitative estimate of drug-likeness (QED) is 0.267. The first-order valence-corrected chi connectivity index (χ1v) is 16.4. The lowest BCUT2D eigenvalue weighted by Crippen LogP contribution is -2.38. The van der Waals surface area contributed by atoms with Crippen LogP contribution in [0.25, 0.3) is 22.3 Å². The van der Waals surface area contributed by atoms with Crippen molar-refractivity contribution in [3.63, 3.8) is 0 Å². The average molecular weight is 632 g/mol. The second-order valence-electron chi connectivity index (χ2n) is 13.7. The number of halogens is 1. The fourth-order valence-corrected chi connectivity index (χ4v) is 9.02. The van der Waals surface area contributed by atoms with Crippen molar-refractivity contribution >= 4 is 35.1 Å². The number of esters is 1.